The molecule has 0 aliphatic rings. The summed E-state index contributed by atoms with van der Waals surface area (Å²) >= 11 is 0. The number of carbonyl (C=O) groups is 1. The predicted octanol–water partition coefficient (Wildman–Crippen LogP) is 2.64. The first kappa shape index (κ1) is 18.5. The molecule has 0 saturated heterocycles. The molecule has 0 bridgehead atoms. The van der Waals surface area contributed by atoms with Crippen molar-refractivity contribution in [3.63, 3.8) is 0 Å². The molecule has 2 aromatic carbocycles. The highest BCUT2D eigenvalue weighted by molar-refractivity contribution is 5.94. The van der Waals surface area contributed by atoms with Gasteiger partial charge in [0.1, 0.15) is 0 Å². The van der Waals surface area contributed by atoms with Crippen molar-refractivity contribution in [3.05, 3.63) is 71.3 Å². The van der Waals surface area contributed by atoms with Crippen LogP contribution in [0.25, 0.3) is 0 Å². The molecule has 0 fully saturated rings. The zero-order chi connectivity index (χ0) is 18.1. The maximum Gasteiger partial charge on any atom is 0.251 e. The minimum atomic E-state index is -0.0524. The third-order valence-electron chi connectivity index (χ3n) is 3.65. The van der Waals surface area contributed by atoms with Gasteiger partial charge in [0.05, 0.1) is 6.54 Å². The summed E-state index contributed by atoms with van der Waals surface area (Å²) < 4.78 is 0. The van der Waals surface area contributed by atoms with Gasteiger partial charge in [-0.1, -0.05) is 42.5 Å². The fraction of sp³-hybridized carbons (Fsp3) is 0.300. The van der Waals surface area contributed by atoms with Crippen LogP contribution in [0.2, 0.25) is 0 Å². The Bertz CT molecular complexity index is 711. The summed E-state index contributed by atoms with van der Waals surface area (Å²) in [7, 11) is 3.92. The highest BCUT2D eigenvalue weighted by Crippen LogP contribution is 2.07. The summed E-state index contributed by atoms with van der Waals surface area (Å²) in [4.78, 5) is 18.5. The SMILES string of the molecule is CCNC(=O)c1cccc(CN=C(NCc2ccccc2)N(C)C)c1. The van der Waals surface area contributed by atoms with Crippen LogP contribution in [0.1, 0.15) is 28.4 Å². The Morgan fingerprint density at radius 3 is 2.40 bits per heavy atom. The normalized spacial score (nSPS) is 11.1. The Hall–Kier alpha value is -2.82. The van der Waals surface area contributed by atoms with Gasteiger partial charge in [0, 0.05) is 32.7 Å². The molecule has 0 heterocycles. The molecular formula is C20H26N4O. The van der Waals surface area contributed by atoms with Crippen molar-refractivity contribution >= 4 is 11.9 Å². The number of nitrogens with zero attached hydrogens (tertiary/aromatic N) is 2. The molecule has 2 rings (SSSR count). The average Bonchev–Trinajstić information content (AvgIpc) is 2.62. The summed E-state index contributed by atoms with van der Waals surface area (Å²) in [5.74, 6) is 0.760. The first-order valence-electron chi connectivity index (χ1n) is 8.47. The summed E-state index contributed by atoms with van der Waals surface area (Å²) in [6.07, 6.45) is 0. The van der Waals surface area contributed by atoms with Crippen LogP contribution in [0.15, 0.2) is 59.6 Å². The third-order valence-corrected chi connectivity index (χ3v) is 3.65. The maximum atomic E-state index is 11.9. The van der Waals surface area contributed by atoms with Crippen LogP contribution < -0.4 is 10.6 Å². The second kappa shape index (κ2) is 9.47. The lowest BCUT2D eigenvalue weighted by Crippen LogP contribution is -2.36. The Kier molecular flexibility index (Phi) is 7.01. The molecule has 1 amide bonds. The highest BCUT2D eigenvalue weighted by Gasteiger charge is 2.06. The molecule has 0 atom stereocenters. The second-order valence-corrected chi connectivity index (χ2v) is 5.93. The van der Waals surface area contributed by atoms with Gasteiger partial charge in [-0.2, -0.15) is 0 Å². The van der Waals surface area contributed by atoms with E-state index in [4.69, 9.17) is 0 Å². The van der Waals surface area contributed by atoms with E-state index in [0.29, 0.717) is 18.7 Å². The molecule has 5 heteroatoms. The van der Waals surface area contributed by atoms with E-state index in [1.807, 2.05) is 68.4 Å². The summed E-state index contributed by atoms with van der Waals surface area (Å²) in [6, 6.07) is 17.8. The lowest BCUT2D eigenvalue weighted by molar-refractivity contribution is 0.0955. The van der Waals surface area contributed by atoms with Crippen LogP contribution in [0.3, 0.4) is 0 Å². The number of rotatable bonds is 6. The second-order valence-electron chi connectivity index (χ2n) is 5.93. The number of carbonyl (C=O) groups excluding carboxylic acids is 1. The molecule has 0 spiro atoms. The van der Waals surface area contributed by atoms with Gasteiger partial charge in [0.15, 0.2) is 5.96 Å². The maximum absolute atomic E-state index is 11.9. The van der Waals surface area contributed by atoms with Crippen molar-refractivity contribution in [2.75, 3.05) is 20.6 Å². The fourth-order valence-electron chi connectivity index (χ4n) is 2.37. The number of aliphatic imine (C=N–C) groups is 1. The zero-order valence-electron chi connectivity index (χ0n) is 15.1. The molecule has 5 nitrogen and oxygen atoms in total. The number of amides is 1. The lowest BCUT2D eigenvalue weighted by Gasteiger charge is -2.18. The van der Waals surface area contributed by atoms with Gasteiger partial charge in [0.2, 0.25) is 0 Å². The minimum Gasteiger partial charge on any atom is -0.352 e. The molecule has 0 aromatic heterocycles. The van der Waals surface area contributed by atoms with E-state index in [-0.39, 0.29) is 5.91 Å². The standard InChI is InChI=1S/C20H26N4O/c1-4-21-19(25)18-12-8-11-17(13-18)15-23-20(24(2)3)22-14-16-9-6-5-7-10-16/h5-13H,4,14-15H2,1-3H3,(H,21,25)(H,22,23). The molecule has 0 aliphatic carbocycles. The summed E-state index contributed by atoms with van der Waals surface area (Å²) in [5, 5.41) is 6.18. The van der Waals surface area contributed by atoms with Gasteiger partial charge in [0.25, 0.3) is 5.91 Å². The van der Waals surface area contributed by atoms with E-state index >= 15 is 0 Å². The first-order chi connectivity index (χ1) is 12.1. The number of benzene rings is 2. The van der Waals surface area contributed by atoms with Crippen molar-refractivity contribution in [2.45, 2.75) is 20.0 Å². The number of guanidine groups is 1. The van der Waals surface area contributed by atoms with E-state index in [1.165, 1.54) is 5.56 Å². The van der Waals surface area contributed by atoms with E-state index in [9.17, 15) is 4.79 Å². The minimum absolute atomic E-state index is 0.0524. The zero-order valence-corrected chi connectivity index (χ0v) is 15.1. The van der Waals surface area contributed by atoms with Gasteiger partial charge in [-0.15, -0.1) is 0 Å². The van der Waals surface area contributed by atoms with E-state index in [2.05, 4.69) is 27.8 Å². The monoisotopic (exact) mass is 338 g/mol. The van der Waals surface area contributed by atoms with Crippen LogP contribution in [-0.2, 0) is 13.1 Å². The van der Waals surface area contributed by atoms with Crippen molar-refractivity contribution in [1.82, 2.24) is 15.5 Å². The van der Waals surface area contributed by atoms with Gasteiger partial charge in [-0.3, -0.25) is 4.79 Å². The van der Waals surface area contributed by atoms with Gasteiger partial charge >= 0.3 is 0 Å². The third kappa shape index (κ3) is 5.95. The van der Waals surface area contributed by atoms with Crippen LogP contribution >= 0.6 is 0 Å². The molecule has 0 aliphatic heterocycles. The predicted molar refractivity (Wildman–Crippen MR) is 103 cm³/mol. The first-order valence-corrected chi connectivity index (χ1v) is 8.47. The number of nitrogens with one attached hydrogen (secondary N) is 2. The smallest absolute Gasteiger partial charge is 0.251 e. The molecular weight excluding hydrogens is 312 g/mol. The molecule has 0 unspecified atom stereocenters. The fourth-order valence-corrected chi connectivity index (χ4v) is 2.37. The van der Waals surface area contributed by atoms with Gasteiger partial charge < -0.3 is 15.5 Å². The molecule has 0 radical (unpaired) electrons. The van der Waals surface area contributed by atoms with Gasteiger partial charge in [-0.05, 0) is 30.2 Å². The van der Waals surface area contributed by atoms with E-state index < -0.39 is 0 Å². The van der Waals surface area contributed by atoms with Crippen LogP contribution in [0.4, 0.5) is 0 Å². The average molecular weight is 338 g/mol. The number of hydrogen-bond donors (Lipinski definition) is 2. The lowest BCUT2D eigenvalue weighted by atomic mass is 10.1. The number of hydrogen-bond acceptors (Lipinski definition) is 2. The van der Waals surface area contributed by atoms with Crippen molar-refractivity contribution < 1.29 is 4.79 Å². The largest absolute Gasteiger partial charge is 0.352 e. The summed E-state index contributed by atoms with van der Waals surface area (Å²) in [6.45, 7) is 3.77. The Morgan fingerprint density at radius 1 is 1.00 bits per heavy atom. The van der Waals surface area contributed by atoms with Crippen molar-refractivity contribution in [3.8, 4) is 0 Å². The molecule has 0 saturated carbocycles. The van der Waals surface area contributed by atoms with Crippen LogP contribution in [0.5, 0.6) is 0 Å². The van der Waals surface area contributed by atoms with Gasteiger partial charge in [-0.25, -0.2) is 4.99 Å². The van der Waals surface area contributed by atoms with Crippen molar-refractivity contribution in [2.24, 2.45) is 4.99 Å². The molecule has 132 valence electrons. The quantitative estimate of drug-likeness (QED) is 0.629. The molecule has 2 N–H and O–H groups in total. The van der Waals surface area contributed by atoms with E-state index in [0.717, 1.165) is 18.1 Å². The van der Waals surface area contributed by atoms with Crippen LogP contribution in [-0.4, -0.2) is 37.4 Å². The molecule has 2 aromatic rings. The van der Waals surface area contributed by atoms with E-state index in [1.54, 1.807) is 0 Å². The summed E-state index contributed by atoms with van der Waals surface area (Å²) in [5.41, 5.74) is 2.87. The highest BCUT2D eigenvalue weighted by atomic mass is 16.1. The van der Waals surface area contributed by atoms with Crippen LogP contribution in [0, 0.1) is 0 Å². The Labute approximate surface area is 149 Å². The molecule has 25 heavy (non-hydrogen) atoms. The topological polar surface area (TPSA) is 56.7 Å². The Balaban J connectivity index is 2.03. The van der Waals surface area contributed by atoms with Crippen molar-refractivity contribution in [1.29, 1.82) is 0 Å². The Morgan fingerprint density at radius 2 is 1.72 bits per heavy atom.